The number of nitrogens with zero attached hydrogens (tertiary/aromatic N) is 1. The molecule has 4 N–H and O–H groups in total. The average molecular weight is 693 g/mol. The molecule has 1 heterocycles. The van der Waals surface area contributed by atoms with E-state index >= 15 is 0 Å². The van der Waals surface area contributed by atoms with Gasteiger partial charge in [-0.05, 0) is 83.5 Å². The fraction of sp³-hybridized carbons (Fsp3) is 0.314. The molecule has 0 bridgehead atoms. The van der Waals surface area contributed by atoms with Crippen LogP contribution in [0, 0.1) is 0 Å². The van der Waals surface area contributed by atoms with E-state index < -0.39 is 29.3 Å². The number of aromatic hydroxyl groups is 1. The number of hydrogen-bond donors (Lipinski definition) is 4. The van der Waals surface area contributed by atoms with Crippen molar-refractivity contribution in [3.05, 3.63) is 86.8 Å². The number of aromatic amines is 1. The predicted octanol–water partition coefficient (Wildman–Crippen LogP) is 7.26. The van der Waals surface area contributed by atoms with E-state index in [0.717, 1.165) is 16.9 Å². The Morgan fingerprint density at radius 1 is 0.857 bits per heavy atom. The van der Waals surface area contributed by atoms with Gasteiger partial charge in [-0.2, -0.15) is 0 Å². The molecule has 1 aromatic heterocycles. The largest absolute Gasteiger partial charge is 0.494 e. The third-order valence-corrected chi connectivity index (χ3v) is 7.22. The summed E-state index contributed by atoms with van der Waals surface area (Å²) in [6.45, 7) is 10.2. The van der Waals surface area contributed by atoms with Crippen molar-refractivity contribution in [3.8, 4) is 23.1 Å². The molecule has 0 saturated carbocycles. The zero-order valence-electron chi connectivity index (χ0n) is 28.3. The van der Waals surface area contributed by atoms with Gasteiger partial charge in [0.25, 0.3) is 5.91 Å². The zero-order chi connectivity index (χ0) is 35.9. The van der Waals surface area contributed by atoms with Crippen molar-refractivity contribution in [2.75, 3.05) is 29.2 Å². The van der Waals surface area contributed by atoms with Crippen LogP contribution in [0.3, 0.4) is 0 Å². The number of carbonyl (C=O) groups is 3. The molecule has 0 radical (unpaired) electrons. The first-order valence-electron chi connectivity index (χ1n) is 15.3. The first kappa shape index (κ1) is 36.3. The lowest BCUT2D eigenvalue weighted by molar-refractivity contribution is -0.118. The number of rotatable bonds is 10. The first-order chi connectivity index (χ1) is 22.9. The highest BCUT2D eigenvalue weighted by Gasteiger charge is 2.24. The summed E-state index contributed by atoms with van der Waals surface area (Å²) in [5.41, 5.74) is 0.457. The Kier molecular flexibility index (Phi) is 11.2. The number of nitrogens with one attached hydrogen (secondary N) is 3. The predicted molar refractivity (Wildman–Crippen MR) is 187 cm³/mol. The summed E-state index contributed by atoms with van der Waals surface area (Å²) in [7, 11) is 1.51. The van der Waals surface area contributed by atoms with Crippen LogP contribution in [0.4, 0.5) is 26.7 Å². The van der Waals surface area contributed by atoms with Crippen molar-refractivity contribution in [2.24, 2.45) is 0 Å². The molecule has 0 aliphatic rings. The van der Waals surface area contributed by atoms with E-state index in [0.29, 0.717) is 45.6 Å². The summed E-state index contributed by atoms with van der Waals surface area (Å²) >= 11 is 0.937. The average Bonchev–Trinajstić information content (AvgIpc) is 3.31. The Balaban J connectivity index is 1.46. The van der Waals surface area contributed by atoms with Crippen molar-refractivity contribution in [3.63, 3.8) is 0 Å². The van der Waals surface area contributed by atoms with Crippen molar-refractivity contribution >= 4 is 46.5 Å². The number of aromatic nitrogens is 1. The van der Waals surface area contributed by atoms with Gasteiger partial charge in [-0.3, -0.25) is 24.8 Å². The fourth-order valence-electron chi connectivity index (χ4n) is 4.28. The molecule has 4 aromatic rings. The minimum Gasteiger partial charge on any atom is -0.494 e. The number of anilines is 3. The maximum absolute atomic E-state index is 13.0. The topological polar surface area (TPSA) is 169 Å². The first-order valence-corrected chi connectivity index (χ1v) is 16.1. The summed E-state index contributed by atoms with van der Waals surface area (Å²) in [5.74, 6) is 0.541. The molecule has 0 fully saturated rings. The van der Waals surface area contributed by atoms with Crippen molar-refractivity contribution in [1.29, 1.82) is 0 Å². The second-order valence-electron chi connectivity index (χ2n) is 12.9. The number of ether oxygens (including phenoxy) is 4. The smallest absolute Gasteiger partial charge is 0.414 e. The normalized spacial score (nSPS) is 11.3. The van der Waals surface area contributed by atoms with Gasteiger partial charge in [-0.25, -0.2) is 9.59 Å². The fourth-order valence-corrected chi connectivity index (χ4v) is 5.04. The molecule has 260 valence electrons. The van der Waals surface area contributed by atoms with Crippen LogP contribution in [0.5, 0.6) is 23.1 Å². The third kappa shape index (κ3) is 11.3. The molecule has 0 unspecified atom stereocenters. The van der Waals surface area contributed by atoms with E-state index in [9.17, 15) is 24.3 Å². The van der Waals surface area contributed by atoms with Gasteiger partial charge in [0.15, 0.2) is 6.61 Å². The van der Waals surface area contributed by atoms with Crippen LogP contribution in [-0.2, 0) is 20.7 Å². The highest BCUT2D eigenvalue weighted by molar-refractivity contribution is 7.09. The number of hydrogen-bond acceptors (Lipinski definition) is 10. The number of carbonyl (C=O) groups excluding carboxylic acids is 3. The van der Waals surface area contributed by atoms with Crippen LogP contribution in [0.1, 0.15) is 52.0 Å². The van der Waals surface area contributed by atoms with E-state index in [4.69, 9.17) is 18.9 Å². The van der Waals surface area contributed by atoms with Gasteiger partial charge in [0.05, 0.1) is 16.3 Å². The quantitative estimate of drug-likeness (QED) is 0.134. The summed E-state index contributed by atoms with van der Waals surface area (Å²) < 4.78 is 22.6. The van der Waals surface area contributed by atoms with Crippen molar-refractivity contribution in [2.45, 2.75) is 59.2 Å². The molecule has 0 spiro atoms. The highest BCUT2D eigenvalue weighted by Crippen LogP contribution is 2.34. The highest BCUT2D eigenvalue weighted by atomic mass is 32.1. The Bertz CT molecular complexity index is 1850. The van der Waals surface area contributed by atoms with E-state index in [2.05, 4.69) is 15.6 Å². The van der Waals surface area contributed by atoms with Crippen molar-refractivity contribution in [1.82, 2.24) is 4.98 Å². The number of amides is 3. The number of H-pyrrole nitrogens is 1. The Morgan fingerprint density at radius 3 is 2.14 bits per heavy atom. The maximum Gasteiger partial charge on any atom is 0.414 e. The van der Waals surface area contributed by atoms with Crippen LogP contribution in [-0.4, -0.2) is 53.0 Å². The summed E-state index contributed by atoms with van der Waals surface area (Å²) in [4.78, 5) is 53.5. The molecular formula is C35H40N4O9S. The molecule has 0 saturated heterocycles. The second-order valence-corrected chi connectivity index (χ2v) is 14.0. The molecule has 13 nitrogen and oxygen atoms in total. The standard InChI is InChI=1S/C35H40N4O9S/c1-34(2,3)47-31(42)36-22-9-8-10-24(18-22)46-25-15-16-26(27(19-25)39(7)33(44)48-35(4,5)6)37-29(40)20-45-23-13-11-21(12-14-23)17-28-30(41)38-32(43)49-28/h8-16,18-19,41H,17,20H2,1-7H3,(H,36,42)(H,37,40)(H,38,43). The summed E-state index contributed by atoms with van der Waals surface area (Å²) in [6, 6.07) is 18.4. The van der Waals surface area contributed by atoms with Gasteiger partial charge >= 0.3 is 17.1 Å². The van der Waals surface area contributed by atoms with Crippen molar-refractivity contribution < 1.29 is 38.4 Å². The van der Waals surface area contributed by atoms with E-state index in [1.165, 1.54) is 11.9 Å². The Morgan fingerprint density at radius 2 is 1.51 bits per heavy atom. The SMILES string of the molecule is CN(C(=O)OC(C)(C)C)c1cc(Oc2cccc(NC(=O)OC(C)(C)C)c2)ccc1NC(=O)COc1ccc(Cc2sc(=O)[nH]c2O)cc1. The Labute approximate surface area is 287 Å². The van der Waals surface area contributed by atoms with Gasteiger partial charge in [-0.1, -0.05) is 29.5 Å². The van der Waals surface area contributed by atoms with E-state index in [-0.39, 0.29) is 17.4 Å². The summed E-state index contributed by atoms with van der Waals surface area (Å²) in [6.07, 6.45) is -0.903. The van der Waals surface area contributed by atoms with Crippen LogP contribution in [0.15, 0.2) is 71.5 Å². The minimum absolute atomic E-state index is 0.148. The van der Waals surface area contributed by atoms with Crippen LogP contribution in [0.25, 0.3) is 0 Å². The van der Waals surface area contributed by atoms with Crippen LogP contribution >= 0.6 is 11.3 Å². The lowest BCUT2D eigenvalue weighted by Crippen LogP contribution is -2.34. The molecule has 0 atom stereocenters. The monoisotopic (exact) mass is 692 g/mol. The van der Waals surface area contributed by atoms with Gasteiger partial charge in [0, 0.05) is 31.3 Å². The second kappa shape index (κ2) is 15.2. The maximum atomic E-state index is 13.0. The molecular weight excluding hydrogens is 652 g/mol. The molecule has 14 heteroatoms. The number of benzene rings is 3. The van der Waals surface area contributed by atoms with Gasteiger partial charge in [-0.15, -0.1) is 0 Å². The van der Waals surface area contributed by atoms with Gasteiger partial charge in [0.2, 0.25) is 5.88 Å². The van der Waals surface area contributed by atoms with Gasteiger partial charge < -0.3 is 29.4 Å². The zero-order valence-corrected chi connectivity index (χ0v) is 29.2. The molecule has 0 aliphatic heterocycles. The molecule has 49 heavy (non-hydrogen) atoms. The van der Waals surface area contributed by atoms with Crippen LogP contribution in [0.2, 0.25) is 0 Å². The van der Waals surface area contributed by atoms with E-state index in [1.807, 2.05) is 0 Å². The third-order valence-electron chi connectivity index (χ3n) is 6.35. The lowest BCUT2D eigenvalue weighted by atomic mass is 10.1. The molecule has 0 aliphatic carbocycles. The number of thiazole rings is 1. The molecule has 3 aromatic carbocycles. The summed E-state index contributed by atoms with van der Waals surface area (Å²) in [5, 5.41) is 15.3. The molecule has 4 rings (SSSR count). The minimum atomic E-state index is -0.768. The lowest BCUT2D eigenvalue weighted by Gasteiger charge is -2.26. The molecule has 3 amide bonds. The Hall–Kier alpha value is -5.50. The van der Waals surface area contributed by atoms with E-state index in [1.54, 1.807) is 108 Å². The van der Waals surface area contributed by atoms with Gasteiger partial charge in [0.1, 0.15) is 28.5 Å². The van der Waals surface area contributed by atoms with Crippen LogP contribution < -0.4 is 29.9 Å².